The summed E-state index contributed by atoms with van der Waals surface area (Å²) in [5.41, 5.74) is 0.209. The van der Waals surface area contributed by atoms with Crippen molar-refractivity contribution < 1.29 is 46.3 Å². The number of likely N-dealkylation sites (tertiary alicyclic amines) is 1. The lowest BCUT2D eigenvalue weighted by atomic mass is 9.63. The minimum absolute atomic E-state index is 0.0526. The lowest BCUT2D eigenvalue weighted by Gasteiger charge is -2.39. The molecule has 1 aromatic heterocycles. The number of carbonyl (C=O) groups is 5. The third-order valence-electron chi connectivity index (χ3n) is 15.5. The summed E-state index contributed by atoms with van der Waals surface area (Å²) in [5.74, 6) is 3.59. The van der Waals surface area contributed by atoms with E-state index in [2.05, 4.69) is 38.1 Å². The van der Waals surface area contributed by atoms with Crippen LogP contribution in [0.1, 0.15) is 116 Å². The Bertz CT molecular complexity index is 2710. The van der Waals surface area contributed by atoms with E-state index in [1.165, 1.54) is 17.2 Å². The lowest BCUT2D eigenvalue weighted by molar-refractivity contribution is -0.150. The number of hydrogen-bond acceptors (Lipinski definition) is 9. The van der Waals surface area contributed by atoms with E-state index in [-0.39, 0.29) is 83.3 Å². The van der Waals surface area contributed by atoms with Crippen molar-refractivity contribution in [2.24, 2.45) is 16.7 Å². The molecule has 7 heterocycles. The number of rotatable bonds is 6. The summed E-state index contributed by atoms with van der Waals surface area (Å²) in [7, 11) is 0. The number of pyridine rings is 1. The molecule has 69 heavy (non-hydrogen) atoms. The van der Waals surface area contributed by atoms with Gasteiger partial charge in [-0.3, -0.25) is 34.3 Å². The van der Waals surface area contributed by atoms with Crippen LogP contribution in [0.25, 0.3) is 0 Å². The fourth-order valence-corrected chi connectivity index (χ4v) is 12.3. The van der Waals surface area contributed by atoms with Gasteiger partial charge < -0.3 is 30.5 Å². The number of ether oxygens (including phenoxy) is 1. The first kappa shape index (κ1) is 47.1. The summed E-state index contributed by atoms with van der Waals surface area (Å²) >= 11 is 6.37. The first-order valence-corrected chi connectivity index (χ1v) is 24.1. The smallest absolute Gasteiger partial charge is 0.384 e. The highest BCUT2D eigenvalue weighted by atomic mass is 35.5. The molecule has 9 atom stereocenters. The van der Waals surface area contributed by atoms with Crippen molar-refractivity contribution in [2.75, 3.05) is 31.6 Å². The average Bonchev–Trinajstić information content (AvgIpc) is 3.52. The van der Waals surface area contributed by atoms with Crippen LogP contribution in [0.2, 0.25) is 5.02 Å². The van der Waals surface area contributed by atoms with E-state index in [1.807, 2.05) is 31.7 Å². The Hall–Kier alpha value is -5.57. The molecule has 10 rings (SSSR count). The molecule has 7 aliphatic rings. The number of carbonyl (C=O) groups excluding carboxylic acids is 5. The first-order valence-electron chi connectivity index (χ1n) is 23.8. The van der Waals surface area contributed by atoms with Gasteiger partial charge in [0.05, 0.1) is 23.7 Å². The fourth-order valence-electron chi connectivity index (χ4n) is 12.1. The molecule has 13 nitrogen and oxygen atoms in total. The second-order valence-corrected chi connectivity index (χ2v) is 21.6. The van der Waals surface area contributed by atoms with Gasteiger partial charge >= 0.3 is 6.18 Å². The molecule has 18 heteroatoms. The SMILES string of the molecule is CC(C)(C)C[C@@H]1N[C@@H](C(=O)N[C@@H]2CC[C@@H](C(=O)N3CCC[C@]4(C[C@@H]4C#Cc4cccc5c4CN(C4CCC(=O)NC4=O)C5=O)C3)OC2)[C@H](c2cccc(Cl)c2F)[C@]12CNc1cc(C(F)(F)F)ncc12. The van der Waals surface area contributed by atoms with Gasteiger partial charge in [0.2, 0.25) is 17.7 Å². The zero-order valence-electron chi connectivity index (χ0n) is 38.5. The third-order valence-corrected chi connectivity index (χ3v) is 15.8. The number of aromatic nitrogens is 1. The van der Waals surface area contributed by atoms with Gasteiger partial charge in [0.15, 0.2) is 0 Å². The van der Waals surface area contributed by atoms with Crippen molar-refractivity contribution in [1.82, 2.24) is 30.7 Å². The Morgan fingerprint density at radius 3 is 2.61 bits per heavy atom. The Balaban J connectivity index is 0.803. The normalized spacial score (nSPS) is 30.7. The van der Waals surface area contributed by atoms with Crippen LogP contribution < -0.4 is 21.3 Å². The van der Waals surface area contributed by atoms with Crippen molar-refractivity contribution in [2.45, 2.75) is 126 Å². The highest BCUT2D eigenvalue weighted by Gasteiger charge is 2.62. The number of nitrogens with one attached hydrogen (secondary N) is 4. The van der Waals surface area contributed by atoms with Crippen molar-refractivity contribution >= 4 is 46.8 Å². The zero-order chi connectivity index (χ0) is 48.8. The second kappa shape index (κ2) is 17.4. The lowest BCUT2D eigenvalue weighted by Crippen LogP contribution is -2.53. The monoisotopic (exact) mass is 971 g/mol. The molecule has 5 amide bonds. The van der Waals surface area contributed by atoms with E-state index < -0.39 is 71.1 Å². The molecule has 0 bridgehead atoms. The summed E-state index contributed by atoms with van der Waals surface area (Å²) in [6, 6.07) is 8.23. The summed E-state index contributed by atoms with van der Waals surface area (Å²) < 4.78 is 64.1. The number of benzene rings is 2. The Kier molecular flexibility index (Phi) is 11.9. The molecule has 1 aliphatic carbocycles. The number of halogens is 5. The van der Waals surface area contributed by atoms with E-state index in [4.69, 9.17) is 16.3 Å². The van der Waals surface area contributed by atoms with Gasteiger partial charge in [0, 0.05) is 89.9 Å². The van der Waals surface area contributed by atoms with Gasteiger partial charge in [-0.2, -0.15) is 13.2 Å². The van der Waals surface area contributed by atoms with Crippen LogP contribution >= 0.6 is 11.6 Å². The molecule has 0 radical (unpaired) electrons. The quantitative estimate of drug-likeness (QED) is 0.128. The Morgan fingerprint density at radius 2 is 1.87 bits per heavy atom. The summed E-state index contributed by atoms with van der Waals surface area (Å²) in [5, 5.41) is 12.0. The van der Waals surface area contributed by atoms with Gasteiger partial charge in [0.25, 0.3) is 11.8 Å². The largest absolute Gasteiger partial charge is 0.433 e. The maximum Gasteiger partial charge on any atom is 0.433 e. The molecule has 6 aliphatic heterocycles. The molecule has 2 aromatic carbocycles. The summed E-state index contributed by atoms with van der Waals surface area (Å²) in [6.07, 6.45) is 0.108. The Morgan fingerprint density at radius 1 is 1.07 bits per heavy atom. The van der Waals surface area contributed by atoms with Crippen LogP contribution in [0.3, 0.4) is 0 Å². The standard InChI is InChI=1S/C51H54ClF4N7O6/c1-48(2,3)21-39-50(25-58-35-19-38(51(54,55)56)57-22-33(35)50)41(31-9-5-10-34(52)42(31)53)43(60-39)45(66)59-29-13-15-37(69-24-29)47(68)62-18-6-17-49(26-62)20-28(49)12-11-27-7-4-8-30-32(27)23-63(46(30)67)36-14-16-40(64)61-44(36)65/h4-5,7-10,19,22,28-29,36-37,39,41,43,58,60H,6,13-18,20-21,23-26H2,1-3H3,(H,59,66)(H,61,64,65)/t28-,29+,36?,37-,39-,41-,43+,49-,50-/m0/s1. The maximum atomic E-state index is 16.3. The van der Waals surface area contributed by atoms with Gasteiger partial charge in [-0.1, -0.05) is 62.4 Å². The van der Waals surface area contributed by atoms with Crippen LogP contribution in [0.5, 0.6) is 0 Å². The van der Waals surface area contributed by atoms with Gasteiger partial charge in [0.1, 0.15) is 23.7 Å². The number of nitrogens with zero attached hydrogens (tertiary/aromatic N) is 3. The number of hydrogen-bond donors (Lipinski definition) is 4. The van der Waals surface area contributed by atoms with E-state index in [1.54, 1.807) is 24.3 Å². The predicted octanol–water partition coefficient (Wildman–Crippen LogP) is 6.22. The molecule has 5 fully saturated rings. The Labute approximate surface area is 402 Å². The number of imide groups is 1. The zero-order valence-corrected chi connectivity index (χ0v) is 39.3. The van der Waals surface area contributed by atoms with E-state index in [0.29, 0.717) is 43.5 Å². The van der Waals surface area contributed by atoms with Crippen LogP contribution in [0.4, 0.5) is 23.2 Å². The van der Waals surface area contributed by atoms with Crippen LogP contribution in [-0.2, 0) is 42.1 Å². The van der Waals surface area contributed by atoms with Crippen LogP contribution in [-0.4, -0.2) is 101 Å². The molecule has 4 saturated heterocycles. The first-order chi connectivity index (χ1) is 32.8. The van der Waals surface area contributed by atoms with Gasteiger partial charge in [-0.05, 0) is 85.8 Å². The number of amides is 5. The van der Waals surface area contributed by atoms with Gasteiger partial charge in [-0.15, -0.1) is 0 Å². The minimum Gasteiger partial charge on any atom is -0.384 e. The minimum atomic E-state index is -4.69. The van der Waals surface area contributed by atoms with E-state index >= 15 is 4.39 Å². The predicted molar refractivity (Wildman–Crippen MR) is 245 cm³/mol. The molecule has 3 aromatic rings. The van der Waals surface area contributed by atoms with Crippen molar-refractivity contribution in [1.29, 1.82) is 0 Å². The van der Waals surface area contributed by atoms with E-state index in [0.717, 1.165) is 36.5 Å². The molecular weight excluding hydrogens is 918 g/mol. The van der Waals surface area contributed by atoms with Crippen molar-refractivity contribution in [3.8, 4) is 11.8 Å². The van der Waals surface area contributed by atoms with Crippen LogP contribution in [0.15, 0.2) is 48.7 Å². The van der Waals surface area contributed by atoms with Crippen LogP contribution in [0, 0.1) is 34.4 Å². The summed E-state index contributed by atoms with van der Waals surface area (Å²) in [4.78, 5) is 73.6. The van der Waals surface area contributed by atoms with Gasteiger partial charge in [-0.25, -0.2) is 4.39 Å². The molecule has 2 spiro atoms. The number of fused-ring (bicyclic) bond motifs is 3. The van der Waals surface area contributed by atoms with Crippen molar-refractivity contribution in [3.63, 3.8) is 0 Å². The second-order valence-electron chi connectivity index (χ2n) is 21.2. The molecule has 1 saturated carbocycles. The fraction of sp³-hybridized carbons (Fsp3) is 0.529. The topological polar surface area (TPSA) is 162 Å². The highest BCUT2D eigenvalue weighted by Crippen LogP contribution is 2.58. The third kappa shape index (κ3) is 8.54. The van der Waals surface area contributed by atoms with E-state index in [9.17, 15) is 37.1 Å². The molecular formula is C51H54ClF4N7O6. The van der Waals surface area contributed by atoms with Crippen molar-refractivity contribution in [3.05, 3.63) is 93.0 Å². The number of alkyl halides is 3. The number of piperidine rings is 2. The molecule has 4 N–H and O–H groups in total. The molecule has 364 valence electrons. The average molecular weight is 972 g/mol. The maximum absolute atomic E-state index is 16.3. The number of anilines is 1. The summed E-state index contributed by atoms with van der Waals surface area (Å²) in [6.45, 7) is 7.62. The molecule has 1 unspecified atom stereocenters. The highest BCUT2D eigenvalue weighted by molar-refractivity contribution is 6.30.